The van der Waals surface area contributed by atoms with Gasteiger partial charge in [-0.15, -0.1) is 0 Å². The van der Waals surface area contributed by atoms with Crippen molar-refractivity contribution in [3.63, 3.8) is 0 Å². The second kappa shape index (κ2) is 10.0. The Labute approximate surface area is 155 Å². The third-order valence-electron chi connectivity index (χ3n) is 3.60. The molecule has 0 aliphatic carbocycles. The van der Waals surface area contributed by atoms with E-state index >= 15 is 0 Å². The number of rotatable bonds is 9. The van der Waals surface area contributed by atoms with Crippen molar-refractivity contribution in [1.29, 1.82) is 0 Å². The molecule has 1 aromatic rings. The number of benzene rings is 1. The third kappa shape index (κ3) is 8.74. The van der Waals surface area contributed by atoms with Crippen LogP contribution in [0.1, 0.15) is 64.5 Å². The topological polar surface area (TPSA) is 87.7 Å². The minimum absolute atomic E-state index is 0.0284. The van der Waals surface area contributed by atoms with Gasteiger partial charge in [-0.3, -0.25) is 0 Å². The van der Waals surface area contributed by atoms with Gasteiger partial charge in [0, 0.05) is 12.5 Å². The fourth-order valence-electron chi connectivity index (χ4n) is 2.28. The minimum Gasteiger partial charge on any atom is -0.550 e. The molecule has 1 amide bonds. The maximum absolute atomic E-state index is 11.7. The first-order valence-corrected chi connectivity index (χ1v) is 9.01. The van der Waals surface area contributed by atoms with E-state index in [1.165, 1.54) is 0 Å². The molecule has 0 aliphatic heterocycles. The van der Waals surface area contributed by atoms with Gasteiger partial charge in [0.15, 0.2) is 0 Å². The Morgan fingerprint density at radius 3 is 2.50 bits per heavy atom. The molecule has 26 heavy (non-hydrogen) atoms. The van der Waals surface area contributed by atoms with Crippen molar-refractivity contribution in [1.82, 2.24) is 5.32 Å². The van der Waals surface area contributed by atoms with Gasteiger partial charge < -0.3 is 24.7 Å². The Balaban J connectivity index is 2.66. The van der Waals surface area contributed by atoms with Crippen molar-refractivity contribution < 1.29 is 24.2 Å². The summed E-state index contributed by atoms with van der Waals surface area (Å²) in [6.07, 6.45) is 0.504. The fourth-order valence-corrected chi connectivity index (χ4v) is 2.28. The number of carboxylic acids is 1. The summed E-state index contributed by atoms with van der Waals surface area (Å²) in [5.74, 6) is 0.00126. The molecule has 1 rings (SSSR count). The average molecular weight is 364 g/mol. The Kier molecular flexibility index (Phi) is 8.42. The van der Waals surface area contributed by atoms with E-state index in [1.807, 2.05) is 39.0 Å². The molecule has 1 aromatic carbocycles. The number of ether oxygens (including phenoxy) is 2. The summed E-state index contributed by atoms with van der Waals surface area (Å²) in [6, 6.07) is 6.01. The van der Waals surface area contributed by atoms with Gasteiger partial charge in [0.1, 0.15) is 11.4 Å². The van der Waals surface area contributed by atoms with Crippen molar-refractivity contribution in [2.24, 2.45) is 0 Å². The number of amides is 1. The standard InChI is InChI=1S/C20H31NO5/c1-14(2)16-9-8-15(10-11-21-19(24)26-20(3,4)5)17(13-16)25-12-6-7-18(22)23/h8-9,13-14H,6-7,10-12H2,1-5H3,(H,21,24)(H,22,23)/p-1. The van der Waals surface area contributed by atoms with Crippen LogP contribution in [0.4, 0.5) is 4.79 Å². The normalized spacial score (nSPS) is 11.3. The first-order valence-electron chi connectivity index (χ1n) is 9.01. The van der Waals surface area contributed by atoms with Gasteiger partial charge in [0.25, 0.3) is 0 Å². The number of carbonyl (C=O) groups excluding carboxylic acids is 2. The molecule has 1 N–H and O–H groups in total. The van der Waals surface area contributed by atoms with Crippen molar-refractivity contribution in [3.05, 3.63) is 29.3 Å². The van der Waals surface area contributed by atoms with Crippen LogP contribution in [0.5, 0.6) is 5.75 Å². The lowest BCUT2D eigenvalue weighted by atomic mass is 10.00. The van der Waals surface area contributed by atoms with Crippen LogP contribution >= 0.6 is 0 Å². The zero-order valence-electron chi connectivity index (χ0n) is 16.4. The summed E-state index contributed by atoms with van der Waals surface area (Å²) in [5.41, 5.74) is 1.57. The molecule has 146 valence electrons. The first kappa shape index (κ1) is 21.8. The number of aliphatic carboxylic acids is 1. The molecule has 0 saturated heterocycles. The van der Waals surface area contributed by atoms with Crippen LogP contribution in [0.25, 0.3) is 0 Å². The fraction of sp³-hybridized carbons (Fsp3) is 0.600. The number of nitrogens with one attached hydrogen (secondary N) is 1. The summed E-state index contributed by atoms with van der Waals surface area (Å²) in [7, 11) is 0. The van der Waals surface area contributed by atoms with Gasteiger partial charge in [-0.05, 0) is 63.1 Å². The molecular formula is C20H30NO5-. The number of alkyl carbamates (subject to hydrolysis) is 1. The highest BCUT2D eigenvalue weighted by molar-refractivity contribution is 5.67. The molecule has 0 radical (unpaired) electrons. The molecular weight excluding hydrogens is 334 g/mol. The van der Waals surface area contributed by atoms with E-state index in [1.54, 1.807) is 0 Å². The summed E-state index contributed by atoms with van der Waals surface area (Å²) in [4.78, 5) is 22.2. The van der Waals surface area contributed by atoms with Crippen molar-refractivity contribution >= 4 is 12.1 Å². The number of carbonyl (C=O) groups is 2. The first-order chi connectivity index (χ1) is 12.1. The second-order valence-corrected chi connectivity index (χ2v) is 7.52. The molecule has 0 aromatic heterocycles. The predicted octanol–water partition coefficient (Wildman–Crippen LogP) is 2.79. The Hall–Kier alpha value is -2.24. The van der Waals surface area contributed by atoms with Gasteiger partial charge in [0.05, 0.1) is 6.61 Å². The van der Waals surface area contributed by atoms with E-state index in [4.69, 9.17) is 9.47 Å². The second-order valence-electron chi connectivity index (χ2n) is 7.52. The molecule has 0 fully saturated rings. The monoisotopic (exact) mass is 364 g/mol. The Morgan fingerprint density at radius 2 is 1.92 bits per heavy atom. The van der Waals surface area contributed by atoms with Gasteiger partial charge in [-0.25, -0.2) is 4.79 Å². The molecule has 6 nitrogen and oxygen atoms in total. The highest BCUT2D eigenvalue weighted by Gasteiger charge is 2.16. The largest absolute Gasteiger partial charge is 0.550 e. The van der Waals surface area contributed by atoms with E-state index in [2.05, 4.69) is 19.2 Å². The van der Waals surface area contributed by atoms with Crippen molar-refractivity contribution in [2.45, 2.75) is 65.4 Å². The van der Waals surface area contributed by atoms with Gasteiger partial charge >= 0.3 is 6.09 Å². The molecule has 6 heteroatoms. The quantitative estimate of drug-likeness (QED) is 0.681. The maximum atomic E-state index is 11.7. The maximum Gasteiger partial charge on any atom is 0.407 e. The van der Waals surface area contributed by atoms with Gasteiger partial charge in [0.2, 0.25) is 0 Å². The van der Waals surface area contributed by atoms with E-state index < -0.39 is 17.7 Å². The van der Waals surface area contributed by atoms with Crippen LogP contribution in [0.2, 0.25) is 0 Å². The lowest BCUT2D eigenvalue weighted by molar-refractivity contribution is -0.305. The van der Waals surface area contributed by atoms with Crippen LogP contribution in [0, 0.1) is 0 Å². The number of hydrogen-bond acceptors (Lipinski definition) is 5. The molecule has 0 saturated carbocycles. The number of carboxylic acid groups (broad SMARTS) is 1. The zero-order valence-corrected chi connectivity index (χ0v) is 16.4. The molecule has 0 aliphatic rings. The van der Waals surface area contributed by atoms with Crippen molar-refractivity contribution in [3.8, 4) is 5.75 Å². The van der Waals surface area contributed by atoms with Crippen LogP contribution < -0.4 is 15.2 Å². The van der Waals surface area contributed by atoms with E-state index in [-0.39, 0.29) is 6.42 Å². The summed E-state index contributed by atoms with van der Waals surface area (Å²) in [5, 5.41) is 13.2. The third-order valence-corrected chi connectivity index (χ3v) is 3.60. The van der Waals surface area contributed by atoms with Crippen molar-refractivity contribution in [2.75, 3.05) is 13.2 Å². The highest BCUT2D eigenvalue weighted by Crippen LogP contribution is 2.25. The Morgan fingerprint density at radius 1 is 1.23 bits per heavy atom. The SMILES string of the molecule is CC(C)c1ccc(CCNC(=O)OC(C)(C)C)c(OCCCC(=O)[O-])c1. The van der Waals surface area contributed by atoms with Crippen LogP contribution in [-0.4, -0.2) is 30.8 Å². The predicted molar refractivity (Wildman–Crippen MR) is 98.2 cm³/mol. The molecule has 0 heterocycles. The highest BCUT2D eigenvalue weighted by atomic mass is 16.6. The van der Waals surface area contributed by atoms with E-state index in [0.717, 1.165) is 16.9 Å². The van der Waals surface area contributed by atoms with E-state index in [0.29, 0.717) is 31.9 Å². The molecule has 0 spiro atoms. The summed E-state index contributed by atoms with van der Waals surface area (Å²) >= 11 is 0. The average Bonchev–Trinajstić information content (AvgIpc) is 2.50. The Bertz CT molecular complexity index is 605. The van der Waals surface area contributed by atoms with Crippen LogP contribution in [-0.2, 0) is 16.0 Å². The zero-order chi connectivity index (χ0) is 19.7. The van der Waals surface area contributed by atoms with Crippen LogP contribution in [0.3, 0.4) is 0 Å². The smallest absolute Gasteiger partial charge is 0.407 e. The lowest BCUT2D eigenvalue weighted by Crippen LogP contribution is -2.33. The van der Waals surface area contributed by atoms with Gasteiger partial charge in [-0.2, -0.15) is 0 Å². The van der Waals surface area contributed by atoms with Gasteiger partial charge in [-0.1, -0.05) is 26.0 Å². The minimum atomic E-state index is -1.08. The number of hydrogen-bond donors (Lipinski definition) is 1. The summed E-state index contributed by atoms with van der Waals surface area (Å²) < 4.78 is 11.0. The molecule has 0 bridgehead atoms. The summed E-state index contributed by atoms with van der Waals surface area (Å²) in [6.45, 7) is 10.4. The van der Waals surface area contributed by atoms with E-state index in [9.17, 15) is 14.7 Å². The van der Waals surface area contributed by atoms with Crippen LogP contribution in [0.15, 0.2) is 18.2 Å². The lowest BCUT2D eigenvalue weighted by Gasteiger charge is -2.20. The molecule has 0 atom stereocenters. The molecule has 0 unspecified atom stereocenters.